The number of halogens is 1. The fraction of sp³-hybridized carbons (Fsp3) is 0.0952. The SMILES string of the molecule is C[C@@H](NC(=O)c1ccc2nc(-c3ccc(Cl)cc3)cn2c1)c1cccnc1. The lowest BCUT2D eigenvalue weighted by atomic mass is 10.1. The number of rotatable bonds is 4. The Bertz CT molecular complexity index is 1090. The molecule has 1 aromatic carbocycles. The van der Waals surface area contributed by atoms with Crippen molar-refractivity contribution in [2.45, 2.75) is 13.0 Å². The van der Waals surface area contributed by atoms with Crippen molar-refractivity contribution in [3.05, 3.63) is 89.5 Å². The Hall–Kier alpha value is -3.18. The number of carbonyl (C=O) groups is 1. The highest BCUT2D eigenvalue weighted by Crippen LogP contribution is 2.22. The number of carbonyl (C=O) groups excluding carboxylic acids is 1. The molecule has 1 amide bonds. The highest BCUT2D eigenvalue weighted by Gasteiger charge is 2.13. The maximum atomic E-state index is 12.6. The van der Waals surface area contributed by atoms with E-state index in [9.17, 15) is 4.79 Å². The number of hydrogen-bond acceptors (Lipinski definition) is 3. The van der Waals surface area contributed by atoms with Crippen molar-refractivity contribution in [1.29, 1.82) is 0 Å². The molecule has 27 heavy (non-hydrogen) atoms. The molecule has 0 fully saturated rings. The largest absolute Gasteiger partial charge is 0.345 e. The lowest BCUT2D eigenvalue weighted by Crippen LogP contribution is -2.26. The lowest BCUT2D eigenvalue weighted by molar-refractivity contribution is 0.0939. The van der Waals surface area contributed by atoms with Gasteiger partial charge < -0.3 is 9.72 Å². The number of benzene rings is 1. The number of imidazole rings is 1. The summed E-state index contributed by atoms with van der Waals surface area (Å²) in [6.07, 6.45) is 7.15. The fourth-order valence-corrected chi connectivity index (χ4v) is 3.01. The molecule has 4 aromatic rings. The normalized spacial score (nSPS) is 12.1. The van der Waals surface area contributed by atoms with E-state index in [1.807, 2.05) is 60.0 Å². The second kappa shape index (κ2) is 7.21. The topological polar surface area (TPSA) is 59.3 Å². The second-order valence-electron chi connectivity index (χ2n) is 6.30. The zero-order valence-corrected chi connectivity index (χ0v) is 15.4. The Morgan fingerprint density at radius 2 is 1.93 bits per heavy atom. The van der Waals surface area contributed by atoms with E-state index in [-0.39, 0.29) is 11.9 Å². The highest BCUT2D eigenvalue weighted by molar-refractivity contribution is 6.30. The Balaban J connectivity index is 1.57. The first kappa shape index (κ1) is 17.2. The molecule has 0 aliphatic heterocycles. The number of hydrogen-bond donors (Lipinski definition) is 1. The van der Waals surface area contributed by atoms with Crippen LogP contribution in [0.3, 0.4) is 0 Å². The van der Waals surface area contributed by atoms with Gasteiger partial charge in [0.15, 0.2) is 0 Å². The van der Waals surface area contributed by atoms with E-state index in [0.717, 1.165) is 22.5 Å². The molecule has 3 aromatic heterocycles. The van der Waals surface area contributed by atoms with Crippen LogP contribution in [0.5, 0.6) is 0 Å². The van der Waals surface area contributed by atoms with Gasteiger partial charge in [0.1, 0.15) is 5.65 Å². The summed E-state index contributed by atoms with van der Waals surface area (Å²) < 4.78 is 1.85. The van der Waals surface area contributed by atoms with Crippen LogP contribution in [-0.2, 0) is 0 Å². The third-order valence-electron chi connectivity index (χ3n) is 4.39. The van der Waals surface area contributed by atoms with Crippen molar-refractivity contribution in [2.75, 3.05) is 0 Å². The highest BCUT2D eigenvalue weighted by atomic mass is 35.5. The summed E-state index contributed by atoms with van der Waals surface area (Å²) in [6.45, 7) is 1.93. The summed E-state index contributed by atoms with van der Waals surface area (Å²) in [5.41, 5.74) is 4.10. The molecule has 3 heterocycles. The molecule has 0 unspecified atom stereocenters. The van der Waals surface area contributed by atoms with Crippen LogP contribution in [0.1, 0.15) is 28.9 Å². The van der Waals surface area contributed by atoms with Gasteiger partial charge in [-0.05, 0) is 42.8 Å². The summed E-state index contributed by atoms with van der Waals surface area (Å²) in [4.78, 5) is 21.3. The van der Waals surface area contributed by atoms with Crippen molar-refractivity contribution in [3.8, 4) is 11.3 Å². The zero-order valence-electron chi connectivity index (χ0n) is 14.6. The fourth-order valence-electron chi connectivity index (χ4n) is 2.88. The van der Waals surface area contributed by atoms with Crippen LogP contribution in [0.15, 0.2) is 73.3 Å². The van der Waals surface area contributed by atoms with Crippen LogP contribution in [0.2, 0.25) is 5.02 Å². The quantitative estimate of drug-likeness (QED) is 0.568. The molecule has 5 nitrogen and oxygen atoms in total. The predicted octanol–water partition coefficient (Wildman–Crippen LogP) is 4.54. The molecule has 0 aliphatic rings. The van der Waals surface area contributed by atoms with Crippen LogP contribution in [0, 0.1) is 0 Å². The van der Waals surface area contributed by atoms with E-state index in [0.29, 0.717) is 10.6 Å². The molecule has 0 saturated heterocycles. The first-order chi connectivity index (χ1) is 13.1. The minimum atomic E-state index is -0.144. The molecule has 1 atom stereocenters. The predicted molar refractivity (Wildman–Crippen MR) is 106 cm³/mol. The van der Waals surface area contributed by atoms with Crippen LogP contribution in [0.4, 0.5) is 0 Å². The van der Waals surface area contributed by atoms with Crippen molar-refractivity contribution in [2.24, 2.45) is 0 Å². The van der Waals surface area contributed by atoms with Crippen molar-refractivity contribution < 1.29 is 4.79 Å². The molecular formula is C21H17ClN4O. The second-order valence-corrected chi connectivity index (χ2v) is 6.73. The standard InChI is InChI=1S/C21H17ClN4O/c1-14(16-3-2-10-23-11-16)24-21(27)17-6-9-20-25-19(13-26(20)12-17)15-4-7-18(22)8-5-15/h2-14H,1H3,(H,24,27)/t14-/m1/s1. The molecule has 0 saturated carbocycles. The Morgan fingerprint density at radius 3 is 2.67 bits per heavy atom. The minimum Gasteiger partial charge on any atom is -0.345 e. The first-order valence-corrected chi connectivity index (χ1v) is 8.93. The number of pyridine rings is 2. The molecule has 0 bridgehead atoms. The van der Waals surface area contributed by atoms with Crippen molar-refractivity contribution in [1.82, 2.24) is 19.7 Å². The lowest BCUT2D eigenvalue weighted by Gasteiger charge is -2.13. The van der Waals surface area contributed by atoms with E-state index < -0.39 is 0 Å². The number of aromatic nitrogens is 3. The third-order valence-corrected chi connectivity index (χ3v) is 4.64. The number of nitrogens with zero attached hydrogens (tertiary/aromatic N) is 3. The molecule has 4 rings (SSSR count). The summed E-state index contributed by atoms with van der Waals surface area (Å²) >= 11 is 5.95. The Morgan fingerprint density at radius 1 is 1.11 bits per heavy atom. The van der Waals surface area contributed by atoms with Gasteiger partial charge in [-0.2, -0.15) is 0 Å². The van der Waals surface area contributed by atoms with Crippen LogP contribution < -0.4 is 5.32 Å². The van der Waals surface area contributed by atoms with Gasteiger partial charge >= 0.3 is 0 Å². The maximum absolute atomic E-state index is 12.6. The van der Waals surface area contributed by atoms with Gasteiger partial charge in [-0.15, -0.1) is 0 Å². The smallest absolute Gasteiger partial charge is 0.253 e. The summed E-state index contributed by atoms with van der Waals surface area (Å²) in [5.74, 6) is -0.144. The van der Waals surface area contributed by atoms with E-state index in [1.165, 1.54) is 0 Å². The molecule has 0 spiro atoms. The van der Waals surface area contributed by atoms with E-state index in [2.05, 4.69) is 15.3 Å². The van der Waals surface area contributed by atoms with Crippen molar-refractivity contribution in [3.63, 3.8) is 0 Å². The van der Waals surface area contributed by atoms with Gasteiger partial charge in [-0.1, -0.05) is 29.8 Å². The van der Waals surface area contributed by atoms with Gasteiger partial charge in [-0.25, -0.2) is 4.98 Å². The Labute approximate surface area is 161 Å². The molecular weight excluding hydrogens is 360 g/mol. The van der Waals surface area contributed by atoms with Gasteiger partial charge in [0, 0.05) is 35.4 Å². The molecule has 1 N–H and O–H groups in total. The summed E-state index contributed by atoms with van der Waals surface area (Å²) in [6, 6.07) is 14.8. The first-order valence-electron chi connectivity index (χ1n) is 8.55. The van der Waals surface area contributed by atoms with Gasteiger partial charge in [0.25, 0.3) is 5.91 Å². The number of amides is 1. The molecule has 134 valence electrons. The van der Waals surface area contributed by atoms with Crippen LogP contribution in [0.25, 0.3) is 16.9 Å². The molecule has 6 heteroatoms. The van der Waals surface area contributed by atoms with Gasteiger partial charge in [-0.3, -0.25) is 9.78 Å². The molecule has 0 aliphatic carbocycles. The molecule has 0 radical (unpaired) electrons. The van der Waals surface area contributed by atoms with Gasteiger partial charge in [0.2, 0.25) is 0 Å². The third kappa shape index (κ3) is 3.68. The summed E-state index contributed by atoms with van der Waals surface area (Å²) in [7, 11) is 0. The van der Waals surface area contributed by atoms with Crippen LogP contribution in [-0.4, -0.2) is 20.3 Å². The average molecular weight is 377 g/mol. The van der Waals surface area contributed by atoms with E-state index in [4.69, 9.17) is 11.6 Å². The van der Waals surface area contributed by atoms with Gasteiger partial charge in [0.05, 0.1) is 17.3 Å². The van der Waals surface area contributed by atoms with Crippen molar-refractivity contribution >= 4 is 23.2 Å². The van der Waals surface area contributed by atoms with Crippen LogP contribution >= 0.6 is 11.6 Å². The maximum Gasteiger partial charge on any atom is 0.253 e. The average Bonchev–Trinajstić information content (AvgIpc) is 3.12. The minimum absolute atomic E-state index is 0.130. The van der Waals surface area contributed by atoms with E-state index >= 15 is 0 Å². The number of nitrogens with one attached hydrogen (secondary N) is 1. The zero-order chi connectivity index (χ0) is 18.8. The monoisotopic (exact) mass is 376 g/mol. The Kier molecular flexibility index (Phi) is 4.60. The number of fused-ring (bicyclic) bond motifs is 1. The van der Waals surface area contributed by atoms with E-state index in [1.54, 1.807) is 24.7 Å². The summed E-state index contributed by atoms with van der Waals surface area (Å²) in [5, 5.41) is 3.68.